The van der Waals surface area contributed by atoms with E-state index in [1.54, 1.807) is 0 Å². The first-order valence-corrected chi connectivity index (χ1v) is 8.18. The molecule has 3 atom stereocenters. The lowest BCUT2D eigenvalue weighted by molar-refractivity contribution is -0.125. The van der Waals surface area contributed by atoms with Gasteiger partial charge in [-0.1, -0.05) is 12.1 Å². The lowest BCUT2D eigenvalue weighted by Gasteiger charge is -2.10. The van der Waals surface area contributed by atoms with Gasteiger partial charge in [0.05, 0.1) is 17.1 Å². The summed E-state index contributed by atoms with van der Waals surface area (Å²) in [5.41, 5.74) is 7.88. The highest BCUT2D eigenvalue weighted by molar-refractivity contribution is 5.79. The molecule has 124 valence electrons. The quantitative estimate of drug-likeness (QED) is 0.709. The van der Waals surface area contributed by atoms with E-state index in [-0.39, 0.29) is 17.9 Å². The molecular weight excluding hydrogens is 292 g/mol. The maximum absolute atomic E-state index is 12.1. The molecule has 2 aromatic rings. The van der Waals surface area contributed by atoms with Crippen LogP contribution in [0.2, 0.25) is 0 Å². The van der Waals surface area contributed by atoms with Crippen LogP contribution in [0.4, 0.5) is 0 Å². The van der Waals surface area contributed by atoms with E-state index < -0.39 is 6.10 Å². The topological polar surface area (TPSA) is 93.2 Å². The zero-order chi connectivity index (χ0) is 16.4. The highest BCUT2D eigenvalue weighted by atomic mass is 16.3. The summed E-state index contributed by atoms with van der Waals surface area (Å²) in [5, 5.41) is 12.6. The Bertz CT molecular complexity index is 687. The molecule has 1 fully saturated rings. The predicted octanol–water partition coefficient (Wildman–Crippen LogP) is 0.720. The van der Waals surface area contributed by atoms with Crippen molar-refractivity contribution >= 4 is 16.9 Å². The number of aromatic nitrogens is 2. The van der Waals surface area contributed by atoms with Gasteiger partial charge < -0.3 is 20.7 Å². The third-order valence-electron chi connectivity index (χ3n) is 4.70. The largest absolute Gasteiger partial charge is 0.391 e. The molecular formula is C17H24N4O2. The Kier molecular flexibility index (Phi) is 4.63. The van der Waals surface area contributed by atoms with Crippen LogP contribution < -0.4 is 11.1 Å². The molecule has 1 amide bonds. The molecule has 23 heavy (non-hydrogen) atoms. The fraction of sp³-hybridized carbons (Fsp3) is 0.529. The third-order valence-corrected chi connectivity index (χ3v) is 4.70. The van der Waals surface area contributed by atoms with E-state index in [1.807, 2.05) is 25.2 Å². The second-order valence-corrected chi connectivity index (χ2v) is 6.37. The van der Waals surface area contributed by atoms with Gasteiger partial charge in [-0.2, -0.15) is 0 Å². The van der Waals surface area contributed by atoms with Crippen molar-refractivity contribution in [3.63, 3.8) is 0 Å². The van der Waals surface area contributed by atoms with Gasteiger partial charge in [-0.15, -0.1) is 0 Å². The minimum atomic E-state index is -0.550. The van der Waals surface area contributed by atoms with E-state index in [0.29, 0.717) is 19.4 Å². The number of imidazole rings is 1. The van der Waals surface area contributed by atoms with Crippen molar-refractivity contribution < 1.29 is 9.90 Å². The zero-order valence-corrected chi connectivity index (χ0v) is 13.4. The van der Waals surface area contributed by atoms with E-state index in [0.717, 1.165) is 29.7 Å². The second-order valence-electron chi connectivity index (χ2n) is 6.37. The van der Waals surface area contributed by atoms with Crippen molar-refractivity contribution in [1.29, 1.82) is 0 Å². The number of nitrogens with one attached hydrogen (secondary N) is 1. The number of benzene rings is 1. The zero-order valence-electron chi connectivity index (χ0n) is 13.4. The van der Waals surface area contributed by atoms with E-state index in [2.05, 4.69) is 20.9 Å². The first-order valence-electron chi connectivity index (χ1n) is 8.18. The summed E-state index contributed by atoms with van der Waals surface area (Å²) >= 11 is 0. The lowest BCUT2D eigenvalue weighted by atomic mass is 10.1. The second kappa shape index (κ2) is 6.68. The fourth-order valence-corrected chi connectivity index (χ4v) is 3.28. The van der Waals surface area contributed by atoms with Gasteiger partial charge in [0.1, 0.15) is 5.82 Å². The molecule has 0 spiro atoms. The number of hydrogen-bond donors (Lipinski definition) is 3. The van der Waals surface area contributed by atoms with Crippen molar-refractivity contribution in [2.75, 3.05) is 6.54 Å². The number of fused-ring (bicyclic) bond motifs is 1. The van der Waals surface area contributed by atoms with Gasteiger partial charge in [0, 0.05) is 32.0 Å². The average Bonchev–Trinajstić information content (AvgIpc) is 3.05. The molecule has 1 aliphatic carbocycles. The molecule has 1 heterocycles. The SMILES string of the molecule is Cn1c(CCCNC(=O)[C@H]2C[C@@H](N)[C@H](O)C2)nc2ccccc21. The lowest BCUT2D eigenvalue weighted by Crippen LogP contribution is -2.31. The number of amides is 1. The van der Waals surface area contributed by atoms with Crippen molar-refractivity contribution in [3.8, 4) is 0 Å². The first kappa shape index (κ1) is 16.0. The minimum absolute atomic E-state index is 0.00185. The summed E-state index contributed by atoms with van der Waals surface area (Å²) in [6, 6.07) is 7.79. The highest BCUT2D eigenvalue weighted by Crippen LogP contribution is 2.24. The Morgan fingerprint density at radius 3 is 2.91 bits per heavy atom. The molecule has 0 radical (unpaired) electrons. The number of rotatable bonds is 5. The predicted molar refractivity (Wildman–Crippen MR) is 88.8 cm³/mol. The average molecular weight is 316 g/mol. The molecule has 1 aromatic heterocycles. The van der Waals surface area contributed by atoms with Gasteiger partial charge in [0.2, 0.25) is 5.91 Å². The van der Waals surface area contributed by atoms with Gasteiger partial charge in [0.15, 0.2) is 0 Å². The van der Waals surface area contributed by atoms with Crippen LogP contribution in [0.3, 0.4) is 0 Å². The number of nitrogens with zero attached hydrogens (tertiary/aromatic N) is 2. The third kappa shape index (κ3) is 3.38. The molecule has 1 aromatic carbocycles. The summed E-state index contributed by atoms with van der Waals surface area (Å²) in [5.74, 6) is 0.872. The molecule has 0 aliphatic heterocycles. The van der Waals surface area contributed by atoms with Crippen LogP contribution in [-0.2, 0) is 18.3 Å². The number of hydrogen-bond acceptors (Lipinski definition) is 4. The molecule has 6 nitrogen and oxygen atoms in total. The summed E-state index contributed by atoms with van der Waals surface area (Å²) in [6.45, 7) is 0.615. The monoisotopic (exact) mass is 316 g/mol. The van der Waals surface area contributed by atoms with E-state index in [9.17, 15) is 9.90 Å². The van der Waals surface area contributed by atoms with Crippen LogP contribution in [-0.4, -0.2) is 39.3 Å². The summed E-state index contributed by atoms with van der Waals surface area (Å²) in [7, 11) is 2.02. The molecule has 6 heteroatoms. The highest BCUT2D eigenvalue weighted by Gasteiger charge is 2.34. The number of aliphatic hydroxyl groups is 1. The van der Waals surface area contributed by atoms with Crippen LogP contribution in [0, 0.1) is 5.92 Å². The Morgan fingerprint density at radius 2 is 2.22 bits per heavy atom. The smallest absolute Gasteiger partial charge is 0.223 e. The fourth-order valence-electron chi connectivity index (χ4n) is 3.28. The van der Waals surface area contributed by atoms with Gasteiger partial charge >= 0.3 is 0 Å². The first-order chi connectivity index (χ1) is 11.1. The van der Waals surface area contributed by atoms with Crippen LogP contribution in [0.25, 0.3) is 11.0 Å². The number of aliphatic hydroxyl groups excluding tert-OH is 1. The summed E-state index contributed by atoms with van der Waals surface area (Å²) in [6.07, 6.45) is 2.14. The minimum Gasteiger partial charge on any atom is -0.391 e. The van der Waals surface area contributed by atoms with Gasteiger partial charge in [-0.3, -0.25) is 4.79 Å². The van der Waals surface area contributed by atoms with Gasteiger partial charge in [-0.25, -0.2) is 4.98 Å². The van der Waals surface area contributed by atoms with Crippen molar-refractivity contribution in [2.45, 2.75) is 37.8 Å². The molecule has 0 saturated heterocycles. The normalized spacial score (nSPS) is 24.2. The number of carbonyl (C=O) groups excluding carboxylic acids is 1. The number of nitrogens with two attached hydrogens (primary N) is 1. The van der Waals surface area contributed by atoms with Gasteiger partial charge in [-0.05, 0) is 31.4 Å². The van der Waals surface area contributed by atoms with Crippen LogP contribution in [0.5, 0.6) is 0 Å². The van der Waals surface area contributed by atoms with Crippen molar-refractivity contribution in [3.05, 3.63) is 30.1 Å². The molecule has 0 bridgehead atoms. The Labute approximate surface area is 135 Å². The van der Waals surface area contributed by atoms with E-state index in [4.69, 9.17) is 5.73 Å². The van der Waals surface area contributed by atoms with Crippen molar-refractivity contribution in [1.82, 2.24) is 14.9 Å². The summed E-state index contributed by atoms with van der Waals surface area (Å²) in [4.78, 5) is 16.7. The summed E-state index contributed by atoms with van der Waals surface area (Å²) < 4.78 is 2.10. The molecule has 0 unspecified atom stereocenters. The Balaban J connectivity index is 1.48. The van der Waals surface area contributed by atoms with Gasteiger partial charge in [0.25, 0.3) is 0 Å². The Hall–Kier alpha value is -1.92. The van der Waals surface area contributed by atoms with E-state index >= 15 is 0 Å². The number of carbonyl (C=O) groups is 1. The Morgan fingerprint density at radius 1 is 1.43 bits per heavy atom. The van der Waals surface area contributed by atoms with Crippen molar-refractivity contribution in [2.24, 2.45) is 18.7 Å². The molecule has 3 rings (SSSR count). The van der Waals surface area contributed by atoms with Crippen LogP contribution >= 0.6 is 0 Å². The number of aryl methyl sites for hydroxylation is 2. The molecule has 1 aliphatic rings. The maximum atomic E-state index is 12.1. The molecule has 1 saturated carbocycles. The van der Waals surface area contributed by atoms with Crippen LogP contribution in [0.1, 0.15) is 25.1 Å². The van der Waals surface area contributed by atoms with Crippen LogP contribution in [0.15, 0.2) is 24.3 Å². The standard InChI is InChI=1S/C17H24N4O2/c1-21-14-6-3-2-5-13(14)20-16(21)7-4-8-19-17(23)11-9-12(18)15(22)10-11/h2-3,5-6,11-12,15,22H,4,7-10,18H2,1H3,(H,19,23)/t11-,12+,15+/m0/s1. The molecule has 4 N–H and O–H groups in total. The number of para-hydroxylation sites is 2. The maximum Gasteiger partial charge on any atom is 0.223 e. The van der Waals surface area contributed by atoms with E-state index in [1.165, 1.54) is 0 Å².